The van der Waals surface area contributed by atoms with E-state index in [1.165, 1.54) is 29.5 Å². The normalized spacial score (nSPS) is 22.9. The van der Waals surface area contributed by atoms with Crippen molar-refractivity contribution in [3.63, 3.8) is 0 Å². The molecule has 1 aliphatic rings. The van der Waals surface area contributed by atoms with Crippen LogP contribution in [-0.2, 0) is 11.2 Å². The standard InChI is InChI=1S/C17H27NO/c1-4-8-18-12-17(7-9-19-13-17)11-16-10-14(2)5-6-15(16)3/h5-6,10,18H,4,7-9,11-13H2,1-3H3. The number of ether oxygens (including phenoxy) is 1. The van der Waals surface area contributed by atoms with E-state index < -0.39 is 0 Å². The molecule has 0 spiro atoms. The Labute approximate surface area is 117 Å². The zero-order chi connectivity index (χ0) is 13.7. The smallest absolute Gasteiger partial charge is 0.0538 e. The average molecular weight is 261 g/mol. The highest BCUT2D eigenvalue weighted by Crippen LogP contribution is 2.33. The minimum Gasteiger partial charge on any atom is -0.381 e. The lowest BCUT2D eigenvalue weighted by Gasteiger charge is -2.29. The minimum absolute atomic E-state index is 0.299. The van der Waals surface area contributed by atoms with Crippen LogP contribution in [0.2, 0.25) is 0 Å². The van der Waals surface area contributed by atoms with Crippen LogP contribution in [0.1, 0.15) is 36.5 Å². The lowest BCUT2D eigenvalue weighted by Crippen LogP contribution is -2.37. The molecule has 2 rings (SSSR count). The predicted molar refractivity (Wildman–Crippen MR) is 80.6 cm³/mol. The van der Waals surface area contributed by atoms with Crippen LogP contribution in [0.3, 0.4) is 0 Å². The van der Waals surface area contributed by atoms with Crippen molar-refractivity contribution >= 4 is 0 Å². The van der Waals surface area contributed by atoms with E-state index in [0.717, 1.165) is 32.7 Å². The van der Waals surface area contributed by atoms with Crippen molar-refractivity contribution in [2.45, 2.75) is 40.0 Å². The van der Waals surface area contributed by atoms with Gasteiger partial charge in [-0.1, -0.05) is 30.7 Å². The summed E-state index contributed by atoms with van der Waals surface area (Å²) in [6.07, 6.45) is 3.51. The van der Waals surface area contributed by atoms with Crippen molar-refractivity contribution in [2.75, 3.05) is 26.3 Å². The summed E-state index contributed by atoms with van der Waals surface area (Å²) in [6, 6.07) is 6.79. The van der Waals surface area contributed by atoms with Gasteiger partial charge in [0, 0.05) is 18.6 Å². The number of rotatable bonds is 6. The molecule has 1 aliphatic heterocycles. The van der Waals surface area contributed by atoms with Crippen molar-refractivity contribution in [3.05, 3.63) is 34.9 Å². The summed E-state index contributed by atoms with van der Waals surface area (Å²) in [5, 5.41) is 3.59. The fourth-order valence-electron chi connectivity index (χ4n) is 2.92. The number of hydrogen-bond donors (Lipinski definition) is 1. The van der Waals surface area contributed by atoms with E-state index in [2.05, 4.69) is 44.3 Å². The van der Waals surface area contributed by atoms with Crippen LogP contribution in [0.4, 0.5) is 0 Å². The number of nitrogens with one attached hydrogen (secondary N) is 1. The Hall–Kier alpha value is -0.860. The van der Waals surface area contributed by atoms with Gasteiger partial charge in [0.2, 0.25) is 0 Å². The maximum atomic E-state index is 5.69. The van der Waals surface area contributed by atoms with E-state index in [-0.39, 0.29) is 0 Å². The van der Waals surface area contributed by atoms with Crippen LogP contribution >= 0.6 is 0 Å². The summed E-state index contributed by atoms with van der Waals surface area (Å²) in [5.41, 5.74) is 4.56. The second kappa shape index (κ2) is 6.53. The Morgan fingerprint density at radius 3 is 2.84 bits per heavy atom. The van der Waals surface area contributed by atoms with Crippen LogP contribution in [-0.4, -0.2) is 26.3 Å². The number of benzene rings is 1. The van der Waals surface area contributed by atoms with E-state index in [0.29, 0.717) is 5.41 Å². The van der Waals surface area contributed by atoms with Crippen molar-refractivity contribution in [2.24, 2.45) is 5.41 Å². The molecule has 1 heterocycles. The molecular weight excluding hydrogens is 234 g/mol. The second-order valence-corrected chi connectivity index (χ2v) is 6.09. The van der Waals surface area contributed by atoms with E-state index in [1.807, 2.05) is 0 Å². The fourth-order valence-corrected chi connectivity index (χ4v) is 2.92. The summed E-state index contributed by atoms with van der Waals surface area (Å²) < 4.78 is 5.69. The van der Waals surface area contributed by atoms with Crippen LogP contribution < -0.4 is 5.32 Å². The van der Waals surface area contributed by atoms with Gasteiger partial charge in [0.25, 0.3) is 0 Å². The Morgan fingerprint density at radius 2 is 2.16 bits per heavy atom. The van der Waals surface area contributed by atoms with Gasteiger partial charge in [-0.3, -0.25) is 0 Å². The summed E-state index contributed by atoms with van der Waals surface area (Å²) in [6.45, 7) is 10.6. The summed E-state index contributed by atoms with van der Waals surface area (Å²) >= 11 is 0. The molecule has 2 heteroatoms. The highest BCUT2D eigenvalue weighted by molar-refractivity contribution is 5.31. The van der Waals surface area contributed by atoms with E-state index in [9.17, 15) is 0 Å². The van der Waals surface area contributed by atoms with Gasteiger partial charge in [-0.25, -0.2) is 0 Å². The summed E-state index contributed by atoms with van der Waals surface area (Å²) in [7, 11) is 0. The Morgan fingerprint density at radius 1 is 1.32 bits per heavy atom. The molecule has 0 radical (unpaired) electrons. The molecular formula is C17H27NO. The van der Waals surface area contributed by atoms with Crippen molar-refractivity contribution < 1.29 is 4.74 Å². The van der Waals surface area contributed by atoms with Crippen LogP contribution in [0.15, 0.2) is 18.2 Å². The van der Waals surface area contributed by atoms with Gasteiger partial charge in [0.15, 0.2) is 0 Å². The van der Waals surface area contributed by atoms with Gasteiger partial charge in [-0.05, 0) is 50.8 Å². The molecule has 2 nitrogen and oxygen atoms in total. The molecule has 0 bridgehead atoms. The van der Waals surface area contributed by atoms with E-state index >= 15 is 0 Å². The molecule has 0 amide bonds. The predicted octanol–water partition coefficient (Wildman–Crippen LogP) is 3.25. The zero-order valence-electron chi connectivity index (χ0n) is 12.6. The van der Waals surface area contributed by atoms with E-state index in [1.54, 1.807) is 0 Å². The molecule has 1 unspecified atom stereocenters. The molecule has 1 fully saturated rings. The maximum absolute atomic E-state index is 5.69. The maximum Gasteiger partial charge on any atom is 0.0538 e. The zero-order valence-corrected chi connectivity index (χ0v) is 12.6. The number of aryl methyl sites for hydroxylation is 2. The van der Waals surface area contributed by atoms with E-state index in [4.69, 9.17) is 4.74 Å². The third kappa shape index (κ3) is 3.80. The highest BCUT2D eigenvalue weighted by atomic mass is 16.5. The fraction of sp³-hybridized carbons (Fsp3) is 0.647. The minimum atomic E-state index is 0.299. The lowest BCUT2D eigenvalue weighted by atomic mass is 9.79. The van der Waals surface area contributed by atoms with Gasteiger partial charge in [-0.2, -0.15) is 0 Å². The Balaban J connectivity index is 2.09. The van der Waals surface area contributed by atoms with Gasteiger partial charge in [-0.15, -0.1) is 0 Å². The molecule has 0 aliphatic carbocycles. The van der Waals surface area contributed by atoms with Crippen LogP contribution in [0.25, 0.3) is 0 Å². The quantitative estimate of drug-likeness (QED) is 0.794. The molecule has 1 atom stereocenters. The summed E-state index contributed by atoms with van der Waals surface area (Å²) in [5.74, 6) is 0. The van der Waals surface area contributed by atoms with Gasteiger partial charge in [0.1, 0.15) is 0 Å². The SMILES string of the molecule is CCCNCC1(Cc2cc(C)ccc2C)CCOC1. The van der Waals surface area contributed by atoms with Gasteiger partial charge < -0.3 is 10.1 Å². The first kappa shape index (κ1) is 14.5. The molecule has 19 heavy (non-hydrogen) atoms. The van der Waals surface area contributed by atoms with Crippen molar-refractivity contribution in [1.29, 1.82) is 0 Å². The molecule has 0 saturated carbocycles. The molecule has 1 saturated heterocycles. The third-order valence-electron chi connectivity index (χ3n) is 4.18. The Bertz CT molecular complexity index is 408. The third-order valence-corrected chi connectivity index (χ3v) is 4.18. The average Bonchev–Trinajstić information content (AvgIpc) is 2.83. The van der Waals surface area contributed by atoms with Crippen LogP contribution in [0, 0.1) is 19.3 Å². The topological polar surface area (TPSA) is 21.3 Å². The molecule has 0 aromatic heterocycles. The Kier molecular flexibility index (Phi) is 5.00. The lowest BCUT2D eigenvalue weighted by molar-refractivity contribution is 0.149. The van der Waals surface area contributed by atoms with Gasteiger partial charge >= 0.3 is 0 Å². The first-order valence-corrected chi connectivity index (χ1v) is 7.50. The largest absolute Gasteiger partial charge is 0.381 e. The summed E-state index contributed by atoms with van der Waals surface area (Å²) in [4.78, 5) is 0. The van der Waals surface area contributed by atoms with Crippen molar-refractivity contribution in [1.82, 2.24) is 5.32 Å². The second-order valence-electron chi connectivity index (χ2n) is 6.09. The molecule has 106 valence electrons. The number of hydrogen-bond acceptors (Lipinski definition) is 2. The van der Waals surface area contributed by atoms with Crippen molar-refractivity contribution in [3.8, 4) is 0 Å². The molecule has 1 N–H and O–H groups in total. The highest BCUT2D eigenvalue weighted by Gasteiger charge is 2.34. The monoisotopic (exact) mass is 261 g/mol. The molecule has 1 aromatic carbocycles. The van der Waals surface area contributed by atoms with Gasteiger partial charge in [0.05, 0.1) is 6.61 Å². The van der Waals surface area contributed by atoms with Crippen LogP contribution in [0.5, 0.6) is 0 Å². The first-order valence-electron chi connectivity index (χ1n) is 7.50. The molecule has 1 aromatic rings. The first-order chi connectivity index (χ1) is 9.15.